The van der Waals surface area contributed by atoms with E-state index in [1.54, 1.807) is 12.1 Å². The Hall–Kier alpha value is -2.28. The van der Waals surface area contributed by atoms with Crippen molar-refractivity contribution in [3.8, 4) is 17.2 Å². The van der Waals surface area contributed by atoms with Gasteiger partial charge in [-0.3, -0.25) is 4.79 Å². The van der Waals surface area contributed by atoms with E-state index in [4.69, 9.17) is 14.2 Å². The van der Waals surface area contributed by atoms with Gasteiger partial charge in [-0.25, -0.2) is 0 Å². The zero-order valence-electron chi connectivity index (χ0n) is 11.2. The Morgan fingerprint density at radius 1 is 1.05 bits per heavy atom. The Morgan fingerprint density at radius 3 is 2.00 bits per heavy atom. The summed E-state index contributed by atoms with van der Waals surface area (Å²) in [6, 6.07) is 3.28. The van der Waals surface area contributed by atoms with E-state index in [0.717, 1.165) is 6.08 Å². The molecule has 0 atom stereocenters. The van der Waals surface area contributed by atoms with E-state index in [-0.39, 0.29) is 0 Å². The summed E-state index contributed by atoms with van der Waals surface area (Å²) in [6.45, 7) is 0. The zero-order chi connectivity index (χ0) is 15.1. The number of allylic oxidation sites excluding steroid dienone is 1. The van der Waals surface area contributed by atoms with Crippen LogP contribution in [0.1, 0.15) is 5.56 Å². The first kappa shape index (κ1) is 15.8. The molecule has 20 heavy (non-hydrogen) atoms. The van der Waals surface area contributed by atoms with Crippen LogP contribution in [0.15, 0.2) is 18.2 Å². The molecule has 0 amide bonds. The molecule has 0 radical (unpaired) electrons. The van der Waals surface area contributed by atoms with Gasteiger partial charge in [-0.2, -0.15) is 8.42 Å². The zero-order valence-corrected chi connectivity index (χ0v) is 12.1. The summed E-state index contributed by atoms with van der Waals surface area (Å²) in [4.78, 5) is 11.2. The molecule has 1 aromatic rings. The third-order valence-electron chi connectivity index (χ3n) is 2.34. The number of hydrogen-bond donors (Lipinski definition) is 0. The summed E-state index contributed by atoms with van der Waals surface area (Å²) in [6.07, 6.45) is 2.59. The van der Waals surface area contributed by atoms with Gasteiger partial charge in [0.15, 0.2) is 17.3 Å². The minimum atomic E-state index is -2.52. The van der Waals surface area contributed by atoms with Crippen molar-refractivity contribution in [2.75, 3.05) is 21.3 Å². The first-order valence-electron chi connectivity index (χ1n) is 5.46. The number of ether oxygens (including phenoxy) is 3. The predicted molar refractivity (Wildman–Crippen MR) is 75.1 cm³/mol. The normalized spacial score (nSPS) is 10.2. The van der Waals surface area contributed by atoms with Crippen molar-refractivity contribution in [1.29, 1.82) is 0 Å². The summed E-state index contributed by atoms with van der Waals surface area (Å²) in [5.41, 5.74) is 0.609. The standard InChI is InChI=1S/C13H14O6S/c1-17-11-6-9(4-5-10(14)8-20(15)16)7-12(18-2)13(11)19-3/h4-8H,1-3H3. The van der Waals surface area contributed by atoms with Crippen LogP contribution in [0.3, 0.4) is 0 Å². The Morgan fingerprint density at radius 2 is 1.60 bits per heavy atom. The Balaban J connectivity index is 3.17. The molecule has 0 unspecified atom stereocenters. The predicted octanol–water partition coefficient (Wildman–Crippen LogP) is 0.976. The third kappa shape index (κ3) is 4.13. The molecule has 0 aromatic heterocycles. The van der Waals surface area contributed by atoms with Crippen LogP contribution in [0.25, 0.3) is 6.08 Å². The number of carbonyl (C=O) groups excluding carboxylic acids is 1. The molecule has 0 saturated heterocycles. The highest BCUT2D eigenvalue weighted by Crippen LogP contribution is 2.38. The topological polar surface area (TPSA) is 78.9 Å². The van der Waals surface area contributed by atoms with Crippen LogP contribution in [0.5, 0.6) is 17.2 Å². The largest absolute Gasteiger partial charge is 0.493 e. The van der Waals surface area contributed by atoms with Crippen LogP contribution in [0.2, 0.25) is 0 Å². The van der Waals surface area contributed by atoms with Crippen molar-refractivity contribution in [2.24, 2.45) is 0 Å². The summed E-state index contributed by atoms with van der Waals surface area (Å²) < 4.78 is 36.2. The average molecular weight is 298 g/mol. The highest BCUT2D eigenvalue weighted by Gasteiger charge is 2.11. The Kier molecular flexibility index (Phi) is 5.79. The van der Waals surface area contributed by atoms with E-state index in [1.807, 2.05) is 0 Å². The molecule has 0 spiro atoms. The van der Waals surface area contributed by atoms with Crippen LogP contribution in [0.4, 0.5) is 0 Å². The second kappa shape index (κ2) is 7.34. The number of benzene rings is 1. The minimum Gasteiger partial charge on any atom is -0.493 e. The molecule has 1 aromatic carbocycles. The van der Waals surface area contributed by atoms with Gasteiger partial charge < -0.3 is 14.2 Å². The van der Waals surface area contributed by atoms with Gasteiger partial charge in [0.1, 0.15) is 5.37 Å². The Bertz CT molecular complexity index is 624. The molecule has 6 nitrogen and oxygen atoms in total. The Labute approximate surface area is 118 Å². The van der Waals surface area contributed by atoms with E-state index in [9.17, 15) is 13.2 Å². The number of methoxy groups -OCH3 is 3. The van der Waals surface area contributed by atoms with Crippen LogP contribution in [0, 0.1) is 0 Å². The fourth-order valence-corrected chi connectivity index (χ4v) is 1.78. The van der Waals surface area contributed by atoms with Gasteiger partial charge in [0, 0.05) is 0 Å². The quantitative estimate of drug-likeness (QED) is 0.575. The molecule has 0 fully saturated rings. The summed E-state index contributed by atoms with van der Waals surface area (Å²) in [5, 5.41) is 0.578. The van der Waals surface area contributed by atoms with Gasteiger partial charge in [0.25, 0.3) is 0 Å². The maximum Gasteiger partial charge on any atom is 0.218 e. The van der Waals surface area contributed by atoms with E-state index >= 15 is 0 Å². The SMILES string of the molecule is COc1cc(C=CC(=O)C=S(=O)=O)cc(OC)c1OC. The van der Waals surface area contributed by atoms with Crippen molar-refractivity contribution in [3.63, 3.8) is 0 Å². The number of ketones is 1. The van der Waals surface area contributed by atoms with Crippen molar-refractivity contribution < 1.29 is 27.4 Å². The second-order valence-electron chi connectivity index (χ2n) is 3.57. The molecule has 0 aliphatic heterocycles. The number of hydrogen-bond acceptors (Lipinski definition) is 6. The van der Waals surface area contributed by atoms with Gasteiger partial charge >= 0.3 is 0 Å². The van der Waals surface area contributed by atoms with E-state index in [0.29, 0.717) is 28.2 Å². The molecular weight excluding hydrogens is 284 g/mol. The lowest BCUT2D eigenvalue weighted by Crippen LogP contribution is -1.96. The van der Waals surface area contributed by atoms with Gasteiger partial charge in [-0.15, -0.1) is 0 Å². The van der Waals surface area contributed by atoms with E-state index in [1.165, 1.54) is 27.4 Å². The molecule has 0 heterocycles. The molecule has 0 saturated carbocycles. The van der Waals surface area contributed by atoms with Crippen LogP contribution in [-0.4, -0.2) is 40.9 Å². The summed E-state index contributed by atoms with van der Waals surface area (Å²) >= 11 is 0. The average Bonchev–Trinajstić information content (AvgIpc) is 2.42. The first-order valence-corrected chi connectivity index (χ1v) is 6.60. The minimum absolute atomic E-state index is 0.436. The van der Waals surface area contributed by atoms with E-state index in [2.05, 4.69) is 0 Å². The van der Waals surface area contributed by atoms with Crippen LogP contribution in [-0.2, 0) is 15.1 Å². The molecule has 7 heteroatoms. The summed E-state index contributed by atoms with van der Waals surface area (Å²) in [5.74, 6) is 0.684. The summed E-state index contributed by atoms with van der Waals surface area (Å²) in [7, 11) is 1.92. The number of carbonyl (C=O) groups is 1. The molecule has 0 bridgehead atoms. The fourth-order valence-electron chi connectivity index (χ4n) is 1.51. The van der Waals surface area contributed by atoms with Gasteiger partial charge in [-0.1, -0.05) is 6.08 Å². The van der Waals surface area contributed by atoms with Crippen LogP contribution < -0.4 is 14.2 Å². The molecule has 0 aliphatic carbocycles. The lowest BCUT2D eigenvalue weighted by atomic mass is 10.1. The first-order chi connectivity index (χ1) is 9.51. The van der Waals surface area contributed by atoms with Gasteiger partial charge in [0.2, 0.25) is 16.0 Å². The lowest BCUT2D eigenvalue weighted by molar-refractivity contribution is -0.108. The van der Waals surface area contributed by atoms with Gasteiger partial charge in [-0.05, 0) is 23.8 Å². The van der Waals surface area contributed by atoms with Crippen molar-refractivity contribution in [2.45, 2.75) is 0 Å². The molecule has 1 rings (SSSR count). The molecular formula is C13H14O6S. The van der Waals surface area contributed by atoms with Gasteiger partial charge in [0.05, 0.1) is 21.3 Å². The highest BCUT2D eigenvalue weighted by atomic mass is 32.2. The fraction of sp³-hybridized carbons (Fsp3) is 0.231. The lowest BCUT2D eigenvalue weighted by Gasteiger charge is -2.12. The second-order valence-corrected chi connectivity index (χ2v) is 4.33. The molecule has 0 N–H and O–H groups in total. The maximum absolute atomic E-state index is 11.2. The van der Waals surface area contributed by atoms with E-state index < -0.39 is 16.1 Å². The van der Waals surface area contributed by atoms with Crippen LogP contribution >= 0.6 is 0 Å². The third-order valence-corrected chi connectivity index (χ3v) is 2.76. The maximum atomic E-state index is 11.2. The number of rotatable bonds is 6. The van der Waals surface area contributed by atoms with Crippen molar-refractivity contribution >= 4 is 27.5 Å². The smallest absolute Gasteiger partial charge is 0.218 e. The molecule has 0 aliphatic rings. The van der Waals surface area contributed by atoms with Crippen molar-refractivity contribution in [3.05, 3.63) is 23.8 Å². The monoisotopic (exact) mass is 298 g/mol. The van der Waals surface area contributed by atoms with Crippen molar-refractivity contribution in [1.82, 2.24) is 0 Å². The molecule has 108 valence electrons. The highest BCUT2D eigenvalue weighted by molar-refractivity contribution is 7.73.